The van der Waals surface area contributed by atoms with E-state index in [0.29, 0.717) is 12.2 Å². The molecule has 0 aliphatic heterocycles. The summed E-state index contributed by atoms with van der Waals surface area (Å²) in [6.07, 6.45) is 0. The van der Waals surface area contributed by atoms with Crippen molar-refractivity contribution in [3.05, 3.63) is 41.3 Å². The Morgan fingerprint density at radius 1 is 1.33 bits per heavy atom. The number of halogens is 1. The molecule has 0 fully saturated rings. The standard InChI is InChI=1S/C16H18FNO3/c1-5-21-16(19)12-9-14(18(3)10(12)2)11-6-7-13(17)15(8-11)20-4/h6-9H,5H2,1-4H3. The predicted octanol–water partition coefficient (Wildman–Crippen LogP) is 3.32. The third-order valence-corrected chi connectivity index (χ3v) is 3.48. The maximum absolute atomic E-state index is 13.5. The van der Waals surface area contributed by atoms with Crippen LogP contribution in [0.4, 0.5) is 4.39 Å². The molecule has 2 rings (SSSR count). The Balaban J connectivity index is 2.50. The number of methoxy groups -OCH3 is 1. The van der Waals surface area contributed by atoms with Crippen LogP contribution in [0.25, 0.3) is 11.3 Å². The minimum absolute atomic E-state index is 0.170. The number of hydrogen-bond acceptors (Lipinski definition) is 3. The number of benzene rings is 1. The molecule has 4 nitrogen and oxygen atoms in total. The Hall–Kier alpha value is -2.30. The van der Waals surface area contributed by atoms with E-state index in [4.69, 9.17) is 9.47 Å². The van der Waals surface area contributed by atoms with Crippen molar-refractivity contribution in [1.29, 1.82) is 0 Å². The van der Waals surface area contributed by atoms with Gasteiger partial charge < -0.3 is 14.0 Å². The molecule has 0 spiro atoms. The van der Waals surface area contributed by atoms with Crippen LogP contribution in [-0.4, -0.2) is 24.3 Å². The summed E-state index contributed by atoms with van der Waals surface area (Å²) in [4.78, 5) is 11.9. The number of esters is 1. The lowest BCUT2D eigenvalue weighted by Gasteiger charge is -2.08. The predicted molar refractivity (Wildman–Crippen MR) is 78.1 cm³/mol. The summed E-state index contributed by atoms with van der Waals surface area (Å²) in [6, 6.07) is 6.36. The number of rotatable bonds is 4. The van der Waals surface area contributed by atoms with E-state index in [-0.39, 0.29) is 11.7 Å². The molecule has 1 aromatic carbocycles. The third kappa shape index (κ3) is 2.77. The van der Waals surface area contributed by atoms with Crippen LogP contribution in [0.3, 0.4) is 0 Å². The van der Waals surface area contributed by atoms with E-state index in [1.807, 2.05) is 18.5 Å². The van der Waals surface area contributed by atoms with Crippen LogP contribution in [0, 0.1) is 12.7 Å². The van der Waals surface area contributed by atoms with E-state index in [9.17, 15) is 9.18 Å². The molecule has 21 heavy (non-hydrogen) atoms. The molecular weight excluding hydrogens is 273 g/mol. The van der Waals surface area contributed by atoms with Crippen molar-refractivity contribution in [2.45, 2.75) is 13.8 Å². The molecule has 112 valence electrons. The Kier molecular flexibility index (Phi) is 4.31. The monoisotopic (exact) mass is 291 g/mol. The quantitative estimate of drug-likeness (QED) is 0.811. The highest BCUT2D eigenvalue weighted by molar-refractivity contribution is 5.92. The van der Waals surface area contributed by atoms with Gasteiger partial charge in [0.25, 0.3) is 0 Å². The lowest BCUT2D eigenvalue weighted by molar-refractivity contribution is 0.0525. The maximum Gasteiger partial charge on any atom is 0.339 e. The van der Waals surface area contributed by atoms with Gasteiger partial charge in [-0.1, -0.05) is 0 Å². The first-order valence-corrected chi connectivity index (χ1v) is 6.67. The van der Waals surface area contributed by atoms with Gasteiger partial charge in [-0.2, -0.15) is 0 Å². The van der Waals surface area contributed by atoms with E-state index in [2.05, 4.69) is 0 Å². The lowest BCUT2D eigenvalue weighted by Crippen LogP contribution is -2.06. The summed E-state index contributed by atoms with van der Waals surface area (Å²) >= 11 is 0. The first kappa shape index (κ1) is 15.1. The fourth-order valence-electron chi connectivity index (χ4n) is 2.21. The SMILES string of the molecule is CCOC(=O)c1cc(-c2ccc(F)c(OC)c2)n(C)c1C. The van der Waals surface area contributed by atoms with Crippen LogP contribution >= 0.6 is 0 Å². The second kappa shape index (κ2) is 5.99. The van der Waals surface area contributed by atoms with E-state index in [0.717, 1.165) is 17.0 Å². The molecule has 0 bridgehead atoms. The van der Waals surface area contributed by atoms with E-state index in [1.54, 1.807) is 25.1 Å². The summed E-state index contributed by atoms with van der Waals surface area (Å²) in [5.41, 5.74) is 2.88. The summed E-state index contributed by atoms with van der Waals surface area (Å²) < 4.78 is 25.4. The second-order valence-corrected chi connectivity index (χ2v) is 4.66. The average Bonchev–Trinajstić information content (AvgIpc) is 2.76. The number of carbonyl (C=O) groups is 1. The number of hydrogen-bond donors (Lipinski definition) is 0. The molecule has 0 saturated heterocycles. The Morgan fingerprint density at radius 3 is 2.67 bits per heavy atom. The second-order valence-electron chi connectivity index (χ2n) is 4.66. The maximum atomic E-state index is 13.5. The fourth-order valence-corrected chi connectivity index (χ4v) is 2.21. The van der Waals surface area contributed by atoms with E-state index < -0.39 is 5.82 Å². The number of ether oxygens (including phenoxy) is 2. The van der Waals surface area contributed by atoms with Crippen molar-refractivity contribution in [3.8, 4) is 17.0 Å². The van der Waals surface area contributed by atoms with Crippen LogP contribution in [0.1, 0.15) is 23.0 Å². The third-order valence-electron chi connectivity index (χ3n) is 3.48. The highest BCUT2D eigenvalue weighted by Gasteiger charge is 2.18. The molecule has 2 aromatic rings. The number of nitrogens with zero attached hydrogens (tertiary/aromatic N) is 1. The summed E-state index contributed by atoms with van der Waals surface area (Å²) in [5.74, 6) is -0.604. The highest BCUT2D eigenvalue weighted by atomic mass is 19.1. The summed E-state index contributed by atoms with van der Waals surface area (Å²) in [5, 5.41) is 0. The molecule has 0 amide bonds. The first-order valence-electron chi connectivity index (χ1n) is 6.67. The molecular formula is C16H18FNO3. The summed E-state index contributed by atoms with van der Waals surface area (Å²) in [7, 11) is 3.27. The van der Waals surface area contributed by atoms with Gasteiger partial charge in [0.1, 0.15) is 0 Å². The van der Waals surface area contributed by atoms with E-state index >= 15 is 0 Å². The molecule has 0 aliphatic carbocycles. The van der Waals surface area contributed by atoms with Crippen molar-refractivity contribution in [2.75, 3.05) is 13.7 Å². The Bertz CT molecular complexity index is 676. The average molecular weight is 291 g/mol. The molecule has 0 unspecified atom stereocenters. The molecule has 1 heterocycles. The molecule has 0 N–H and O–H groups in total. The van der Waals surface area contributed by atoms with Gasteiger partial charge in [-0.05, 0) is 38.1 Å². The van der Waals surface area contributed by atoms with E-state index in [1.165, 1.54) is 13.2 Å². The Labute approximate surface area is 123 Å². The van der Waals surface area contributed by atoms with Gasteiger partial charge in [-0.15, -0.1) is 0 Å². The van der Waals surface area contributed by atoms with Gasteiger partial charge in [0.2, 0.25) is 0 Å². The molecule has 1 aromatic heterocycles. The van der Waals surface area contributed by atoms with Crippen molar-refractivity contribution >= 4 is 5.97 Å². The largest absolute Gasteiger partial charge is 0.494 e. The first-order chi connectivity index (χ1) is 9.99. The van der Waals surface area contributed by atoms with Gasteiger partial charge in [-0.25, -0.2) is 9.18 Å². The smallest absolute Gasteiger partial charge is 0.339 e. The van der Waals surface area contributed by atoms with Crippen molar-refractivity contribution in [2.24, 2.45) is 7.05 Å². The zero-order valence-corrected chi connectivity index (χ0v) is 12.6. The highest BCUT2D eigenvalue weighted by Crippen LogP contribution is 2.29. The molecule has 0 saturated carbocycles. The van der Waals surface area contributed by atoms with Gasteiger partial charge in [0.05, 0.1) is 19.3 Å². The van der Waals surface area contributed by atoms with Crippen LogP contribution in [0.2, 0.25) is 0 Å². The zero-order valence-electron chi connectivity index (χ0n) is 12.6. The minimum Gasteiger partial charge on any atom is -0.494 e. The minimum atomic E-state index is -0.419. The van der Waals surface area contributed by atoms with Gasteiger partial charge >= 0.3 is 5.97 Å². The van der Waals surface area contributed by atoms with Gasteiger partial charge in [-0.3, -0.25) is 0 Å². The van der Waals surface area contributed by atoms with Crippen molar-refractivity contribution in [1.82, 2.24) is 4.57 Å². The fraction of sp³-hybridized carbons (Fsp3) is 0.312. The van der Waals surface area contributed by atoms with Crippen molar-refractivity contribution < 1.29 is 18.7 Å². The number of carbonyl (C=O) groups excluding carboxylic acids is 1. The summed E-state index contributed by atoms with van der Waals surface area (Å²) in [6.45, 7) is 3.94. The van der Waals surface area contributed by atoms with Gasteiger partial charge in [0.15, 0.2) is 11.6 Å². The van der Waals surface area contributed by atoms with Crippen LogP contribution in [0.15, 0.2) is 24.3 Å². The Morgan fingerprint density at radius 2 is 2.05 bits per heavy atom. The van der Waals surface area contributed by atoms with Crippen molar-refractivity contribution in [3.63, 3.8) is 0 Å². The normalized spacial score (nSPS) is 10.5. The van der Waals surface area contributed by atoms with Crippen LogP contribution in [-0.2, 0) is 11.8 Å². The van der Waals surface area contributed by atoms with Crippen LogP contribution < -0.4 is 4.74 Å². The molecule has 0 radical (unpaired) electrons. The zero-order chi connectivity index (χ0) is 15.6. The lowest BCUT2D eigenvalue weighted by atomic mass is 10.1. The molecule has 0 atom stereocenters. The number of aromatic nitrogens is 1. The topological polar surface area (TPSA) is 40.5 Å². The van der Waals surface area contributed by atoms with Crippen LogP contribution in [0.5, 0.6) is 5.75 Å². The molecule has 5 heteroatoms. The molecule has 0 aliphatic rings. The van der Waals surface area contributed by atoms with Gasteiger partial charge in [0, 0.05) is 24.0 Å².